The third kappa shape index (κ3) is 1.93. The average Bonchev–Trinajstić information content (AvgIpc) is 2.30. The number of rotatable bonds is 2. The summed E-state index contributed by atoms with van der Waals surface area (Å²) in [6.07, 6.45) is 1.56. The van der Waals surface area contributed by atoms with Crippen molar-refractivity contribution in [2.75, 3.05) is 5.73 Å². The maximum Gasteiger partial charge on any atom is 0.161 e. The molecule has 0 bridgehead atoms. The molecule has 0 aliphatic rings. The lowest BCUT2D eigenvalue weighted by atomic mass is 10.1. The summed E-state index contributed by atoms with van der Waals surface area (Å²) in [5.74, 6) is -0.0289. The van der Waals surface area contributed by atoms with Gasteiger partial charge in [0.2, 0.25) is 0 Å². The summed E-state index contributed by atoms with van der Waals surface area (Å²) < 4.78 is 0. The van der Waals surface area contributed by atoms with Gasteiger partial charge < -0.3 is 5.73 Å². The molecular weight excluding hydrogens is 200 g/mol. The van der Waals surface area contributed by atoms with Crippen LogP contribution in [0, 0.1) is 0 Å². The molecule has 3 heteroatoms. The molecule has 0 unspecified atom stereocenters. The van der Waals surface area contributed by atoms with E-state index in [-0.39, 0.29) is 5.78 Å². The molecule has 0 spiro atoms. The second-order valence-electron chi connectivity index (χ2n) is 3.58. The molecule has 0 saturated heterocycles. The van der Waals surface area contributed by atoms with Gasteiger partial charge in [-0.1, -0.05) is 30.3 Å². The topological polar surface area (TPSA) is 56.0 Å². The van der Waals surface area contributed by atoms with E-state index in [9.17, 15) is 4.79 Å². The average molecular weight is 212 g/mol. The minimum absolute atomic E-state index is 0.0289. The Labute approximate surface area is 93.9 Å². The number of benzene rings is 1. The van der Waals surface area contributed by atoms with E-state index < -0.39 is 0 Å². The van der Waals surface area contributed by atoms with Crippen LogP contribution in [0.15, 0.2) is 42.6 Å². The predicted octanol–water partition coefficient (Wildman–Crippen LogP) is 2.53. The van der Waals surface area contributed by atoms with Gasteiger partial charge in [0, 0.05) is 17.3 Å². The normalized spacial score (nSPS) is 10.1. The van der Waals surface area contributed by atoms with E-state index in [4.69, 9.17) is 5.73 Å². The van der Waals surface area contributed by atoms with Crippen molar-refractivity contribution in [2.24, 2.45) is 0 Å². The Morgan fingerprint density at radius 2 is 1.94 bits per heavy atom. The lowest BCUT2D eigenvalue weighted by molar-refractivity contribution is 0.101. The molecule has 2 rings (SSSR count). The molecule has 3 nitrogen and oxygen atoms in total. The number of ketones is 1. The van der Waals surface area contributed by atoms with Crippen LogP contribution >= 0.6 is 0 Å². The number of nitrogen functional groups attached to an aromatic ring is 1. The largest absolute Gasteiger partial charge is 0.397 e. The van der Waals surface area contributed by atoms with E-state index in [1.807, 2.05) is 30.3 Å². The number of aromatic nitrogens is 1. The first kappa shape index (κ1) is 10.4. The third-order valence-corrected chi connectivity index (χ3v) is 2.37. The number of nitrogens with zero attached hydrogens (tertiary/aromatic N) is 1. The molecule has 1 aromatic carbocycles. The summed E-state index contributed by atoms with van der Waals surface area (Å²) in [6, 6.07) is 11.3. The Morgan fingerprint density at radius 1 is 1.25 bits per heavy atom. The maximum atomic E-state index is 11.1. The fraction of sp³-hybridized carbons (Fsp3) is 0.0769. The number of pyridine rings is 1. The highest BCUT2D eigenvalue weighted by Gasteiger charge is 2.06. The van der Waals surface area contributed by atoms with E-state index in [0.717, 1.165) is 5.56 Å². The predicted molar refractivity (Wildman–Crippen MR) is 64.1 cm³/mol. The summed E-state index contributed by atoms with van der Waals surface area (Å²) >= 11 is 0. The molecule has 16 heavy (non-hydrogen) atoms. The van der Waals surface area contributed by atoms with Gasteiger partial charge in [-0.3, -0.25) is 9.78 Å². The molecule has 0 atom stereocenters. The van der Waals surface area contributed by atoms with Crippen molar-refractivity contribution >= 4 is 11.5 Å². The van der Waals surface area contributed by atoms with Crippen molar-refractivity contribution < 1.29 is 4.79 Å². The van der Waals surface area contributed by atoms with E-state index >= 15 is 0 Å². The van der Waals surface area contributed by atoms with Gasteiger partial charge in [-0.2, -0.15) is 0 Å². The van der Waals surface area contributed by atoms with Crippen LogP contribution in [0.1, 0.15) is 17.3 Å². The fourth-order valence-corrected chi connectivity index (χ4v) is 1.51. The highest BCUT2D eigenvalue weighted by molar-refractivity contribution is 5.95. The van der Waals surface area contributed by atoms with Gasteiger partial charge in [-0.05, 0) is 13.0 Å². The first-order valence-electron chi connectivity index (χ1n) is 5.00. The van der Waals surface area contributed by atoms with Gasteiger partial charge in [0.15, 0.2) is 5.78 Å². The van der Waals surface area contributed by atoms with Crippen molar-refractivity contribution in [2.45, 2.75) is 6.92 Å². The molecule has 0 radical (unpaired) electrons. The summed E-state index contributed by atoms with van der Waals surface area (Å²) in [5, 5.41) is 0. The minimum atomic E-state index is -0.0289. The Bertz CT molecular complexity index is 521. The van der Waals surface area contributed by atoms with Crippen LogP contribution in [-0.4, -0.2) is 10.8 Å². The van der Waals surface area contributed by atoms with Gasteiger partial charge in [0.1, 0.15) is 0 Å². The van der Waals surface area contributed by atoms with Crippen LogP contribution in [0.5, 0.6) is 0 Å². The van der Waals surface area contributed by atoms with Crippen molar-refractivity contribution in [3.8, 4) is 11.3 Å². The second-order valence-corrected chi connectivity index (χ2v) is 3.58. The first-order valence-corrected chi connectivity index (χ1v) is 5.00. The van der Waals surface area contributed by atoms with Crippen molar-refractivity contribution in [3.05, 3.63) is 48.2 Å². The SMILES string of the molecule is CC(=O)c1cnc(-c2ccccc2)c(N)c1. The van der Waals surface area contributed by atoms with E-state index in [1.165, 1.54) is 6.92 Å². The van der Waals surface area contributed by atoms with Crippen LogP contribution in [-0.2, 0) is 0 Å². The number of hydrogen-bond acceptors (Lipinski definition) is 3. The summed E-state index contributed by atoms with van der Waals surface area (Å²) in [6.45, 7) is 1.50. The monoisotopic (exact) mass is 212 g/mol. The lowest BCUT2D eigenvalue weighted by Crippen LogP contribution is -1.99. The Hall–Kier alpha value is -2.16. The molecule has 0 saturated carbocycles. The molecule has 80 valence electrons. The van der Waals surface area contributed by atoms with Gasteiger partial charge >= 0.3 is 0 Å². The van der Waals surface area contributed by atoms with Gasteiger partial charge in [-0.25, -0.2) is 0 Å². The molecule has 0 amide bonds. The molecule has 1 heterocycles. The van der Waals surface area contributed by atoms with Crippen LogP contribution in [0.3, 0.4) is 0 Å². The quantitative estimate of drug-likeness (QED) is 0.778. The van der Waals surface area contributed by atoms with E-state index in [0.29, 0.717) is 16.9 Å². The molecular formula is C13H12N2O. The summed E-state index contributed by atoms with van der Waals surface area (Å²) in [5.41, 5.74) is 8.61. The van der Waals surface area contributed by atoms with Crippen LogP contribution in [0.4, 0.5) is 5.69 Å². The molecule has 2 aromatic rings. The van der Waals surface area contributed by atoms with Gasteiger partial charge in [0.05, 0.1) is 11.4 Å². The maximum absolute atomic E-state index is 11.1. The standard InChI is InChI=1S/C13H12N2O/c1-9(16)11-7-12(14)13(15-8-11)10-5-3-2-4-6-10/h2-8H,14H2,1H3. The Morgan fingerprint density at radius 3 is 2.50 bits per heavy atom. The van der Waals surface area contributed by atoms with Crippen LogP contribution in [0.2, 0.25) is 0 Å². The van der Waals surface area contributed by atoms with Crippen molar-refractivity contribution in [1.82, 2.24) is 4.98 Å². The number of carbonyl (C=O) groups excluding carboxylic acids is 1. The highest BCUT2D eigenvalue weighted by Crippen LogP contribution is 2.23. The third-order valence-electron chi connectivity index (χ3n) is 2.37. The number of nitrogens with two attached hydrogens (primary N) is 1. The molecule has 1 aromatic heterocycles. The number of carbonyl (C=O) groups is 1. The Balaban J connectivity index is 2.48. The number of Topliss-reactive ketones (excluding diaryl/α,β-unsaturated/α-hetero) is 1. The number of hydrogen-bond donors (Lipinski definition) is 1. The Kier molecular flexibility index (Phi) is 2.68. The zero-order valence-electron chi connectivity index (χ0n) is 8.97. The zero-order valence-corrected chi connectivity index (χ0v) is 8.97. The zero-order chi connectivity index (χ0) is 11.5. The minimum Gasteiger partial charge on any atom is -0.397 e. The highest BCUT2D eigenvalue weighted by atomic mass is 16.1. The van der Waals surface area contributed by atoms with Crippen molar-refractivity contribution in [1.29, 1.82) is 0 Å². The summed E-state index contributed by atoms with van der Waals surface area (Å²) in [7, 11) is 0. The lowest BCUT2D eigenvalue weighted by Gasteiger charge is -2.05. The van der Waals surface area contributed by atoms with E-state index in [2.05, 4.69) is 4.98 Å². The summed E-state index contributed by atoms with van der Waals surface area (Å²) in [4.78, 5) is 15.4. The first-order chi connectivity index (χ1) is 7.68. The van der Waals surface area contributed by atoms with Crippen molar-refractivity contribution in [3.63, 3.8) is 0 Å². The fourth-order valence-electron chi connectivity index (χ4n) is 1.51. The molecule has 2 N–H and O–H groups in total. The molecule has 0 fully saturated rings. The van der Waals surface area contributed by atoms with E-state index in [1.54, 1.807) is 12.3 Å². The number of anilines is 1. The van der Waals surface area contributed by atoms with Crippen LogP contribution < -0.4 is 5.73 Å². The smallest absolute Gasteiger partial charge is 0.161 e. The molecule has 0 aliphatic heterocycles. The molecule has 0 aliphatic carbocycles. The van der Waals surface area contributed by atoms with Crippen LogP contribution in [0.25, 0.3) is 11.3 Å². The van der Waals surface area contributed by atoms with Gasteiger partial charge in [-0.15, -0.1) is 0 Å². The van der Waals surface area contributed by atoms with Gasteiger partial charge in [0.25, 0.3) is 0 Å². The second kappa shape index (κ2) is 4.14.